The molecule has 0 unspecified atom stereocenters. The molecule has 1 amide bonds. The van der Waals surface area contributed by atoms with Gasteiger partial charge in [-0.1, -0.05) is 32.0 Å². The minimum Gasteiger partial charge on any atom is -0.390 e. The Hall–Kier alpha value is -2.28. The number of carbonyl (C=O) groups is 1. The summed E-state index contributed by atoms with van der Waals surface area (Å²) in [5, 5.41) is 14.8. The van der Waals surface area contributed by atoms with Gasteiger partial charge in [0.25, 0.3) is 5.91 Å². The van der Waals surface area contributed by atoms with Gasteiger partial charge in [0.1, 0.15) is 11.6 Å². The zero-order valence-corrected chi connectivity index (χ0v) is 12.3. The van der Waals surface area contributed by atoms with Gasteiger partial charge < -0.3 is 10.6 Å². The molecule has 4 nitrogen and oxygen atoms in total. The van der Waals surface area contributed by atoms with Gasteiger partial charge in [-0.05, 0) is 30.9 Å². The van der Waals surface area contributed by atoms with Crippen molar-refractivity contribution in [2.45, 2.75) is 33.6 Å². The van der Waals surface area contributed by atoms with Gasteiger partial charge in [0.2, 0.25) is 0 Å². The summed E-state index contributed by atoms with van der Waals surface area (Å²) in [6, 6.07) is 7.81. The Morgan fingerprint density at radius 1 is 1.40 bits per heavy atom. The summed E-state index contributed by atoms with van der Waals surface area (Å²) >= 11 is 0. The summed E-state index contributed by atoms with van der Waals surface area (Å²) in [6.45, 7) is 6.74. The van der Waals surface area contributed by atoms with Crippen LogP contribution in [-0.2, 0) is 11.2 Å². The van der Waals surface area contributed by atoms with Crippen LogP contribution >= 0.6 is 0 Å². The number of anilines is 1. The van der Waals surface area contributed by atoms with Crippen LogP contribution in [0, 0.1) is 18.3 Å². The van der Waals surface area contributed by atoms with E-state index in [4.69, 9.17) is 5.26 Å². The van der Waals surface area contributed by atoms with Crippen molar-refractivity contribution < 1.29 is 4.79 Å². The van der Waals surface area contributed by atoms with Gasteiger partial charge in [-0.3, -0.25) is 4.79 Å². The van der Waals surface area contributed by atoms with Crippen molar-refractivity contribution in [2.75, 3.05) is 11.9 Å². The average Bonchev–Trinajstić information content (AvgIpc) is 2.45. The molecule has 0 aliphatic carbocycles. The lowest BCUT2D eigenvalue weighted by atomic mass is 10.1. The largest absolute Gasteiger partial charge is 0.390 e. The highest BCUT2D eigenvalue weighted by molar-refractivity contribution is 6.07. The molecule has 0 fully saturated rings. The standard InChI is InChI=1S/C16H21N3O/c1-4-9-18-11-14(10-17)16(20)19-15-12(3)7-6-8-13(15)5-2/h6-8,11,18H,4-5,9H2,1-3H3,(H,19,20)/b14-11-. The third-order valence-electron chi connectivity index (χ3n) is 2.98. The molecule has 1 aromatic carbocycles. The van der Waals surface area contributed by atoms with Gasteiger partial charge in [0.05, 0.1) is 0 Å². The monoisotopic (exact) mass is 271 g/mol. The first-order valence-corrected chi connectivity index (χ1v) is 6.87. The zero-order chi connectivity index (χ0) is 15.0. The van der Waals surface area contributed by atoms with Gasteiger partial charge in [0.15, 0.2) is 0 Å². The van der Waals surface area contributed by atoms with Crippen LogP contribution in [0.2, 0.25) is 0 Å². The van der Waals surface area contributed by atoms with Gasteiger partial charge in [-0.2, -0.15) is 5.26 Å². The van der Waals surface area contributed by atoms with E-state index in [2.05, 4.69) is 10.6 Å². The van der Waals surface area contributed by atoms with Gasteiger partial charge in [-0.25, -0.2) is 0 Å². The second-order valence-electron chi connectivity index (χ2n) is 4.54. The van der Waals surface area contributed by atoms with Crippen LogP contribution in [0.3, 0.4) is 0 Å². The van der Waals surface area contributed by atoms with Crippen molar-refractivity contribution >= 4 is 11.6 Å². The molecule has 2 N–H and O–H groups in total. The van der Waals surface area contributed by atoms with Crippen LogP contribution in [-0.4, -0.2) is 12.5 Å². The molecule has 0 saturated carbocycles. The predicted molar refractivity (Wildman–Crippen MR) is 81.2 cm³/mol. The number of para-hydroxylation sites is 1. The molecule has 106 valence electrons. The maximum absolute atomic E-state index is 12.1. The Bertz CT molecular complexity index is 541. The van der Waals surface area contributed by atoms with Crippen LogP contribution in [0.25, 0.3) is 0 Å². The Balaban J connectivity index is 2.90. The quantitative estimate of drug-likeness (QED) is 0.475. The van der Waals surface area contributed by atoms with E-state index in [0.717, 1.165) is 36.2 Å². The summed E-state index contributed by atoms with van der Waals surface area (Å²) < 4.78 is 0. The third kappa shape index (κ3) is 4.13. The van der Waals surface area contributed by atoms with E-state index in [1.54, 1.807) is 0 Å². The Morgan fingerprint density at radius 3 is 2.75 bits per heavy atom. The summed E-state index contributed by atoms with van der Waals surface area (Å²) in [5.74, 6) is -0.375. The van der Waals surface area contributed by atoms with Crippen molar-refractivity contribution in [3.63, 3.8) is 0 Å². The van der Waals surface area contributed by atoms with Crippen molar-refractivity contribution in [1.82, 2.24) is 5.32 Å². The molecule has 4 heteroatoms. The molecule has 0 aliphatic rings. The number of benzene rings is 1. The SMILES string of the molecule is CCCN/C=C(/C#N)C(=O)Nc1c(C)cccc1CC. The summed E-state index contributed by atoms with van der Waals surface area (Å²) in [4.78, 5) is 12.1. The van der Waals surface area contributed by atoms with E-state index in [1.807, 2.05) is 45.0 Å². The minimum atomic E-state index is -0.375. The van der Waals surface area contributed by atoms with E-state index >= 15 is 0 Å². The lowest BCUT2D eigenvalue weighted by molar-refractivity contribution is -0.112. The summed E-state index contributed by atoms with van der Waals surface area (Å²) in [5.41, 5.74) is 2.95. The normalized spacial score (nSPS) is 10.8. The number of rotatable bonds is 6. The first-order chi connectivity index (χ1) is 9.63. The molecule has 0 heterocycles. The Labute approximate surface area is 120 Å². The van der Waals surface area contributed by atoms with Crippen molar-refractivity contribution in [3.05, 3.63) is 41.1 Å². The Kier molecular flexibility index (Phi) is 6.31. The molecule has 0 saturated heterocycles. The van der Waals surface area contributed by atoms with Gasteiger partial charge >= 0.3 is 0 Å². The van der Waals surface area contributed by atoms with Crippen molar-refractivity contribution in [3.8, 4) is 6.07 Å². The number of nitriles is 1. The maximum Gasteiger partial charge on any atom is 0.267 e. The molecular weight excluding hydrogens is 250 g/mol. The zero-order valence-electron chi connectivity index (χ0n) is 12.3. The van der Waals surface area contributed by atoms with Crippen LogP contribution in [0.4, 0.5) is 5.69 Å². The second-order valence-corrected chi connectivity index (χ2v) is 4.54. The number of amides is 1. The Morgan fingerprint density at radius 2 is 2.15 bits per heavy atom. The number of aryl methyl sites for hydroxylation is 2. The maximum atomic E-state index is 12.1. The molecule has 0 atom stereocenters. The highest BCUT2D eigenvalue weighted by atomic mass is 16.1. The summed E-state index contributed by atoms with van der Waals surface area (Å²) in [7, 11) is 0. The van der Waals surface area contributed by atoms with E-state index in [0.29, 0.717) is 0 Å². The molecular formula is C16H21N3O. The fourth-order valence-electron chi connectivity index (χ4n) is 1.85. The number of hydrogen-bond acceptors (Lipinski definition) is 3. The molecule has 0 radical (unpaired) electrons. The number of nitrogens with zero attached hydrogens (tertiary/aromatic N) is 1. The van der Waals surface area contributed by atoms with Crippen molar-refractivity contribution in [2.24, 2.45) is 0 Å². The number of nitrogens with one attached hydrogen (secondary N) is 2. The van der Waals surface area contributed by atoms with Crippen molar-refractivity contribution in [1.29, 1.82) is 5.26 Å². The number of hydrogen-bond donors (Lipinski definition) is 2. The highest BCUT2D eigenvalue weighted by Crippen LogP contribution is 2.21. The predicted octanol–water partition coefficient (Wildman–Crippen LogP) is 2.90. The van der Waals surface area contributed by atoms with Gasteiger partial charge in [0, 0.05) is 18.4 Å². The third-order valence-corrected chi connectivity index (χ3v) is 2.98. The first kappa shape index (κ1) is 15.8. The first-order valence-electron chi connectivity index (χ1n) is 6.87. The molecule has 1 rings (SSSR count). The van der Waals surface area contributed by atoms with Crippen LogP contribution in [0.15, 0.2) is 30.0 Å². The van der Waals surface area contributed by atoms with E-state index in [9.17, 15) is 4.79 Å². The summed E-state index contributed by atoms with van der Waals surface area (Å²) in [6.07, 6.45) is 3.24. The molecule has 0 aromatic heterocycles. The van der Waals surface area contributed by atoms with E-state index < -0.39 is 0 Å². The second kappa shape index (κ2) is 8.00. The number of carbonyl (C=O) groups excluding carboxylic acids is 1. The molecule has 1 aromatic rings. The minimum absolute atomic E-state index is 0.0868. The van der Waals surface area contributed by atoms with Crippen LogP contribution in [0.1, 0.15) is 31.4 Å². The topological polar surface area (TPSA) is 64.9 Å². The molecule has 0 aliphatic heterocycles. The van der Waals surface area contributed by atoms with E-state index in [1.165, 1.54) is 6.20 Å². The van der Waals surface area contributed by atoms with E-state index in [-0.39, 0.29) is 11.5 Å². The lowest BCUT2D eigenvalue weighted by Gasteiger charge is -2.12. The van der Waals surface area contributed by atoms with Crippen LogP contribution < -0.4 is 10.6 Å². The van der Waals surface area contributed by atoms with Crippen LogP contribution in [0.5, 0.6) is 0 Å². The fourth-order valence-corrected chi connectivity index (χ4v) is 1.85. The highest BCUT2D eigenvalue weighted by Gasteiger charge is 2.12. The molecule has 0 bridgehead atoms. The smallest absolute Gasteiger partial charge is 0.267 e. The van der Waals surface area contributed by atoms with Gasteiger partial charge in [-0.15, -0.1) is 0 Å². The average molecular weight is 271 g/mol. The molecule has 20 heavy (non-hydrogen) atoms. The molecule has 0 spiro atoms. The fraction of sp³-hybridized carbons (Fsp3) is 0.375. The lowest BCUT2D eigenvalue weighted by Crippen LogP contribution is -2.18.